The number of aromatic nitrogens is 1. The van der Waals surface area contributed by atoms with E-state index in [1.807, 2.05) is 36.4 Å². The smallest absolute Gasteiger partial charge is 0.223 e. The molecule has 0 radical (unpaired) electrons. The van der Waals surface area contributed by atoms with Gasteiger partial charge in [-0.3, -0.25) is 0 Å². The maximum absolute atomic E-state index is 8.84. The van der Waals surface area contributed by atoms with Gasteiger partial charge in [-0.1, -0.05) is 18.2 Å². The molecule has 0 saturated carbocycles. The van der Waals surface area contributed by atoms with Crippen LogP contribution in [0.5, 0.6) is 11.6 Å². The lowest BCUT2D eigenvalue weighted by molar-refractivity contribution is 0.299. The maximum atomic E-state index is 8.84. The van der Waals surface area contributed by atoms with Crippen molar-refractivity contribution < 1.29 is 9.84 Å². The minimum Gasteiger partial charge on any atom is -0.439 e. The van der Waals surface area contributed by atoms with Crippen LogP contribution in [0.1, 0.15) is 11.1 Å². The first-order chi connectivity index (χ1) is 8.83. The van der Waals surface area contributed by atoms with Gasteiger partial charge in [0.1, 0.15) is 5.75 Å². The molecule has 0 bridgehead atoms. The minimum atomic E-state index is 0.151. The molecule has 2 aromatic rings. The second-order valence-corrected chi connectivity index (χ2v) is 3.89. The van der Waals surface area contributed by atoms with E-state index in [1.54, 1.807) is 6.20 Å². The maximum Gasteiger partial charge on any atom is 0.223 e. The summed E-state index contributed by atoms with van der Waals surface area (Å²) >= 11 is 0. The number of rotatable bonds is 5. The Bertz CT molecular complexity index is 497. The van der Waals surface area contributed by atoms with Gasteiger partial charge in [0, 0.05) is 24.9 Å². The molecule has 2 rings (SSSR count). The Hall–Kier alpha value is -1.91. The molecule has 0 aliphatic carbocycles. The van der Waals surface area contributed by atoms with Crippen LogP contribution in [0.15, 0.2) is 42.6 Å². The molecule has 0 spiro atoms. The molecule has 0 unspecified atom stereocenters. The largest absolute Gasteiger partial charge is 0.439 e. The third-order valence-corrected chi connectivity index (χ3v) is 2.61. The lowest BCUT2D eigenvalue weighted by Crippen LogP contribution is -2.00. The average molecular weight is 244 g/mol. The molecule has 94 valence electrons. The van der Waals surface area contributed by atoms with Gasteiger partial charge in [-0.15, -0.1) is 0 Å². The van der Waals surface area contributed by atoms with E-state index in [-0.39, 0.29) is 6.61 Å². The van der Waals surface area contributed by atoms with E-state index in [0.717, 1.165) is 11.1 Å². The van der Waals surface area contributed by atoms with E-state index in [9.17, 15) is 0 Å². The third-order valence-electron chi connectivity index (χ3n) is 2.61. The van der Waals surface area contributed by atoms with Crippen LogP contribution in [-0.2, 0) is 13.0 Å². The molecule has 4 heteroatoms. The fourth-order valence-corrected chi connectivity index (χ4v) is 1.64. The van der Waals surface area contributed by atoms with Gasteiger partial charge in [-0.05, 0) is 30.2 Å². The van der Waals surface area contributed by atoms with Gasteiger partial charge >= 0.3 is 0 Å². The normalized spacial score (nSPS) is 10.3. The van der Waals surface area contributed by atoms with Crippen molar-refractivity contribution in [2.75, 3.05) is 6.61 Å². The van der Waals surface area contributed by atoms with Crippen molar-refractivity contribution in [3.8, 4) is 11.6 Å². The average Bonchev–Trinajstić information content (AvgIpc) is 2.42. The van der Waals surface area contributed by atoms with E-state index >= 15 is 0 Å². The molecule has 1 heterocycles. The van der Waals surface area contributed by atoms with E-state index in [0.29, 0.717) is 24.6 Å². The number of aliphatic hydroxyl groups excluding tert-OH is 1. The Morgan fingerprint density at radius 1 is 1.17 bits per heavy atom. The lowest BCUT2D eigenvalue weighted by Gasteiger charge is -2.08. The molecule has 4 nitrogen and oxygen atoms in total. The minimum absolute atomic E-state index is 0.151. The topological polar surface area (TPSA) is 68.4 Å². The van der Waals surface area contributed by atoms with E-state index < -0.39 is 0 Å². The first kappa shape index (κ1) is 12.5. The summed E-state index contributed by atoms with van der Waals surface area (Å²) in [5.74, 6) is 1.25. The number of aliphatic hydroxyl groups is 1. The number of nitrogens with zero attached hydrogens (tertiary/aromatic N) is 1. The predicted molar refractivity (Wildman–Crippen MR) is 69.4 cm³/mol. The summed E-state index contributed by atoms with van der Waals surface area (Å²) in [7, 11) is 0. The zero-order valence-corrected chi connectivity index (χ0v) is 10.0. The number of hydrogen-bond acceptors (Lipinski definition) is 4. The molecular weight excluding hydrogens is 228 g/mol. The molecule has 0 atom stereocenters. The molecule has 0 fully saturated rings. The fraction of sp³-hybridized carbons (Fsp3) is 0.214. The molecule has 1 aromatic heterocycles. The highest BCUT2D eigenvalue weighted by Gasteiger charge is 2.04. The summed E-state index contributed by atoms with van der Waals surface area (Å²) in [5, 5.41) is 8.84. The summed E-state index contributed by atoms with van der Waals surface area (Å²) in [6.07, 6.45) is 2.33. The highest BCUT2D eigenvalue weighted by molar-refractivity contribution is 5.33. The second-order valence-electron chi connectivity index (χ2n) is 3.89. The Morgan fingerprint density at radius 2 is 1.94 bits per heavy atom. The predicted octanol–water partition coefficient (Wildman–Crippen LogP) is 1.87. The summed E-state index contributed by atoms with van der Waals surface area (Å²) in [5.41, 5.74) is 7.57. The van der Waals surface area contributed by atoms with Crippen LogP contribution in [0.3, 0.4) is 0 Å². The Balaban J connectivity index is 2.13. The van der Waals surface area contributed by atoms with E-state index in [2.05, 4.69) is 4.98 Å². The molecule has 3 N–H and O–H groups in total. The fourth-order valence-electron chi connectivity index (χ4n) is 1.64. The van der Waals surface area contributed by atoms with Crippen molar-refractivity contribution >= 4 is 0 Å². The van der Waals surface area contributed by atoms with Crippen LogP contribution >= 0.6 is 0 Å². The molecular formula is C14H16N2O2. The van der Waals surface area contributed by atoms with Crippen LogP contribution in [0, 0.1) is 0 Å². The Labute approximate surface area is 106 Å². The van der Waals surface area contributed by atoms with Crippen molar-refractivity contribution in [1.29, 1.82) is 0 Å². The molecule has 0 aliphatic rings. The van der Waals surface area contributed by atoms with Gasteiger partial charge in [0.05, 0.1) is 0 Å². The van der Waals surface area contributed by atoms with Crippen LogP contribution in [0.25, 0.3) is 0 Å². The van der Waals surface area contributed by atoms with Gasteiger partial charge in [-0.2, -0.15) is 0 Å². The number of benzene rings is 1. The van der Waals surface area contributed by atoms with E-state index in [1.165, 1.54) is 0 Å². The first-order valence-corrected chi connectivity index (χ1v) is 5.85. The van der Waals surface area contributed by atoms with Crippen LogP contribution in [-0.4, -0.2) is 16.7 Å². The van der Waals surface area contributed by atoms with Crippen molar-refractivity contribution in [3.63, 3.8) is 0 Å². The molecule has 1 aromatic carbocycles. The van der Waals surface area contributed by atoms with Crippen molar-refractivity contribution in [3.05, 3.63) is 53.7 Å². The van der Waals surface area contributed by atoms with E-state index in [4.69, 9.17) is 15.6 Å². The Morgan fingerprint density at radius 3 is 2.61 bits per heavy atom. The van der Waals surface area contributed by atoms with Crippen LogP contribution in [0.2, 0.25) is 0 Å². The zero-order valence-electron chi connectivity index (χ0n) is 10.0. The number of pyridine rings is 1. The van der Waals surface area contributed by atoms with Gasteiger partial charge in [0.25, 0.3) is 0 Å². The lowest BCUT2D eigenvalue weighted by atomic mass is 10.1. The monoisotopic (exact) mass is 244 g/mol. The van der Waals surface area contributed by atoms with Gasteiger partial charge in [0.15, 0.2) is 0 Å². The van der Waals surface area contributed by atoms with Crippen molar-refractivity contribution in [2.45, 2.75) is 13.0 Å². The van der Waals surface area contributed by atoms with Gasteiger partial charge in [-0.25, -0.2) is 4.98 Å². The number of ether oxygens (including phenoxy) is 1. The molecule has 18 heavy (non-hydrogen) atoms. The quantitative estimate of drug-likeness (QED) is 0.842. The van der Waals surface area contributed by atoms with Crippen molar-refractivity contribution in [1.82, 2.24) is 4.98 Å². The van der Waals surface area contributed by atoms with Crippen LogP contribution < -0.4 is 10.5 Å². The molecule has 0 saturated heterocycles. The zero-order chi connectivity index (χ0) is 12.8. The van der Waals surface area contributed by atoms with Gasteiger partial charge in [0.2, 0.25) is 5.88 Å². The van der Waals surface area contributed by atoms with Crippen LogP contribution in [0.4, 0.5) is 0 Å². The van der Waals surface area contributed by atoms with Gasteiger partial charge < -0.3 is 15.6 Å². The summed E-state index contributed by atoms with van der Waals surface area (Å²) in [4.78, 5) is 4.16. The second kappa shape index (κ2) is 6.14. The molecule has 0 amide bonds. The number of nitrogens with two attached hydrogens (primary N) is 1. The van der Waals surface area contributed by atoms with Crippen molar-refractivity contribution in [2.24, 2.45) is 5.73 Å². The first-order valence-electron chi connectivity index (χ1n) is 5.85. The summed E-state index contributed by atoms with van der Waals surface area (Å²) in [6.45, 7) is 0.545. The third kappa shape index (κ3) is 3.06. The highest BCUT2D eigenvalue weighted by Crippen LogP contribution is 2.22. The standard InChI is InChI=1S/C14H16N2O2/c15-10-12-2-1-8-16-14(12)18-13-5-3-11(4-6-13)7-9-17/h1-6,8,17H,7,9-10,15H2. The SMILES string of the molecule is NCc1cccnc1Oc1ccc(CCO)cc1. The number of hydrogen-bond donors (Lipinski definition) is 2. The summed E-state index contributed by atoms with van der Waals surface area (Å²) in [6, 6.07) is 11.3. The summed E-state index contributed by atoms with van der Waals surface area (Å²) < 4.78 is 5.68. The Kier molecular flexibility index (Phi) is 4.28. The highest BCUT2D eigenvalue weighted by atomic mass is 16.5. The molecule has 0 aliphatic heterocycles.